The highest BCUT2D eigenvalue weighted by molar-refractivity contribution is 5.54. The molecule has 0 aliphatic heterocycles. The van der Waals surface area contributed by atoms with Crippen LogP contribution in [0.2, 0.25) is 0 Å². The van der Waals surface area contributed by atoms with Crippen LogP contribution in [0.15, 0.2) is 36.4 Å². The van der Waals surface area contributed by atoms with Gasteiger partial charge >= 0.3 is 0 Å². The summed E-state index contributed by atoms with van der Waals surface area (Å²) in [6, 6.07) is 12.2. The number of rotatable bonds is 5. The fraction of sp³-hybridized carbons (Fsp3) is 0.333. The Hall–Kier alpha value is -2.16. The van der Waals surface area contributed by atoms with Crippen LogP contribution in [0.25, 0.3) is 0 Å². The third-order valence-electron chi connectivity index (χ3n) is 3.84. The van der Waals surface area contributed by atoms with Crippen LogP contribution in [0.1, 0.15) is 23.1 Å². The van der Waals surface area contributed by atoms with Gasteiger partial charge < -0.3 is 15.2 Å². The molecule has 3 heteroatoms. The zero-order valence-electron chi connectivity index (χ0n) is 12.4. The molecule has 3 nitrogen and oxygen atoms in total. The molecule has 0 saturated carbocycles. The third kappa shape index (κ3) is 3.30. The number of fused-ring (bicyclic) bond motifs is 1. The first-order valence-electron chi connectivity index (χ1n) is 7.46. The highest BCUT2D eigenvalue weighted by Crippen LogP contribution is 2.26. The third-order valence-corrected chi connectivity index (χ3v) is 3.84. The maximum atomic E-state index is 5.91. The lowest BCUT2D eigenvalue weighted by molar-refractivity contribution is 0.218. The number of nitrogen functional groups attached to an aromatic ring is 1. The van der Waals surface area contributed by atoms with Crippen LogP contribution >= 0.6 is 0 Å². The minimum atomic E-state index is 0.490. The van der Waals surface area contributed by atoms with Crippen LogP contribution in [-0.4, -0.2) is 13.2 Å². The summed E-state index contributed by atoms with van der Waals surface area (Å²) in [5.74, 6) is 1.65. The molecule has 0 atom stereocenters. The molecule has 2 aromatic rings. The molecule has 0 amide bonds. The maximum absolute atomic E-state index is 5.91. The van der Waals surface area contributed by atoms with Crippen molar-refractivity contribution in [3.63, 3.8) is 0 Å². The van der Waals surface area contributed by atoms with Gasteiger partial charge in [0, 0.05) is 0 Å². The molecule has 3 rings (SSSR count). The Morgan fingerprint density at radius 1 is 0.952 bits per heavy atom. The summed E-state index contributed by atoms with van der Waals surface area (Å²) < 4.78 is 11.4. The monoisotopic (exact) mass is 283 g/mol. The fourth-order valence-corrected chi connectivity index (χ4v) is 2.75. The molecule has 1 aliphatic rings. The lowest BCUT2D eigenvalue weighted by Crippen LogP contribution is -2.10. The van der Waals surface area contributed by atoms with E-state index >= 15 is 0 Å². The second-order valence-electron chi connectivity index (χ2n) is 5.52. The van der Waals surface area contributed by atoms with Crippen molar-refractivity contribution in [2.45, 2.75) is 26.2 Å². The molecule has 0 aromatic heterocycles. The van der Waals surface area contributed by atoms with Crippen LogP contribution < -0.4 is 15.2 Å². The van der Waals surface area contributed by atoms with Gasteiger partial charge in [-0.3, -0.25) is 0 Å². The molecular weight excluding hydrogens is 262 g/mol. The zero-order chi connectivity index (χ0) is 14.7. The Bertz CT molecular complexity index is 637. The van der Waals surface area contributed by atoms with Crippen molar-refractivity contribution in [2.24, 2.45) is 0 Å². The van der Waals surface area contributed by atoms with Gasteiger partial charge in [0.2, 0.25) is 0 Å². The summed E-state index contributed by atoms with van der Waals surface area (Å²) in [5.41, 5.74) is 10.6. The molecule has 110 valence electrons. The van der Waals surface area contributed by atoms with E-state index in [1.807, 2.05) is 31.2 Å². The standard InChI is InChI=1S/C18H21NO2/c1-13-5-8-18(17(19)11-13)21-10-9-20-16-7-6-14-3-2-4-15(14)12-16/h5-8,11-12H,2-4,9-10,19H2,1H3. The van der Waals surface area contributed by atoms with Crippen LogP contribution in [0.4, 0.5) is 5.69 Å². The molecule has 0 bridgehead atoms. The van der Waals surface area contributed by atoms with Gasteiger partial charge in [-0.1, -0.05) is 12.1 Å². The number of hydrogen-bond acceptors (Lipinski definition) is 3. The van der Waals surface area contributed by atoms with Gasteiger partial charge in [-0.2, -0.15) is 0 Å². The molecule has 2 aromatic carbocycles. The van der Waals surface area contributed by atoms with Crippen molar-refractivity contribution < 1.29 is 9.47 Å². The second kappa shape index (κ2) is 6.08. The van der Waals surface area contributed by atoms with Crippen molar-refractivity contribution in [1.29, 1.82) is 0 Å². The molecule has 0 spiro atoms. The van der Waals surface area contributed by atoms with Gasteiger partial charge in [0.1, 0.15) is 24.7 Å². The molecule has 1 aliphatic carbocycles. The van der Waals surface area contributed by atoms with Crippen LogP contribution in [0.3, 0.4) is 0 Å². The first-order valence-corrected chi connectivity index (χ1v) is 7.46. The van der Waals surface area contributed by atoms with Gasteiger partial charge in [-0.15, -0.1) is 0 Å². The average molecular weight is 283 g/mol. The Kier molecular flexibility index (Phi) is 4.00. The molecule has 0 radical (unpaired) electrons. The zero-order valence-corrected chi connectivity index (χ0v) is 12.4. The Balaban J connectivity index is 1.50. The molecule has 0 heterocycles. The van der Waals surface area contributed by atoms with E-state index in [0.29, 0.717) is 18.9 Å². The second-order valence-corrected chi connectivity index (χ2v) is 5.52. The van der Waals surface area contributed by atoms with Gasteiger partial charge in [-0.05, 0) is 67.1 Å². The summed E-state index contributed by atoms with van der Waals surface area (Å²) in [5, 5.41) is 0. The summed E-state index contributed by atoms with van der Waals surface area (Å²) >= 11 is 0. The summed E-state index contributed by atoms with van der Waals surface area (Å²) in [7, 11) is 0. The fourth-order valence-electron chi connectivity index (χ4n) is 2.75. The van der Waals surface area contributed by atoms with E-state index in [1.165, 1.54) is 30.4 Å². The van der Waals surface area contributed by atoms with Crippen LogP contribution in [0.5, 0.6) is 11.5 Å². The van der Waals surface area contributed by atoms with Crippen molar-refractivity contribution in [3.8, 4) is 11.5 Å². The van der Waals surface area contributed by atoms with Crippen LogP contribution in [-0.2, 0) is 12.8 Å². The van der Waals surface area contributed by atoms with E-state index in [9.17, 15) is 0 Å². The molecule has 2 N–H and O–H groups in total. The van der Waals surface area contributed by atoms with Gasteiger partial charge in [0.05, 0.1) is 5.69 Å². The molecule has 0 fully saturated rings. The number of ether oxygens (including phenoxy) is 2. The highest BCUT2D eigenvalue weighted by Gasteiger charge is 2.11. The summed E-state index contributed by atoms with van der Waals surface area (Å²) in [6.45, 7) is 3.02. The van der Waals surface area contributed by atoms with E-state index in [2.05, 4.69) is 12.1 Å². The van der Waals surface area contributed by atoms with E-state index < -0.39 is 0 Å². The van der Waals surface area contributed by atoms with Crippen molar-refractivity contribution >= 4 is 5.69 Å². The van der Waals surface area contributed by atoms with E-state index in [4.69, 9.17) is 15.2 Å². The van der Waals surface area contributed by atoms with Crippen molar-refractivity contribution in [2.75, 3.05) is 18.9 Å². The van der Waals surface area contributed by atoms with Gasteiger partial charge in [0.25, 0.3) is 0 Å². The predicted octanol–water partition coefficient (Wildman–Crippen LogP) is 3.52. The first-order chi connectivity index (χ1) is 10.2. The molecule has 0 saturated heterocycles. The first kappa shape index (κ1) is 13.8. The number of aryl methyl sites for hydroxylation is 3. The van der Waals surface area contributed by atoms with Crippen molar-refractivity contribution in [1.82, 2.24) is 0 Å². The largest absolute Gasteiger partial charge is 0.490 e. The average Bonchev–Trinajstić information content (AvgIpc) is 2.93. The van der Waals surface area contributed by atoms with Gasteiger partial charge in [-0.25, -0.2) is 0 Å². The highest BCUT2D eigenvalue weighted by atomic mass is 16.5. The lowest BCUT2D eigenvalue weighted by Gasteiger charge is -2.11. The molecular formula is C18H21NO2. The smallest absolute Gasteiger partial charge is 0.142 e. The maximum Gasteiger partial charge on any atom is 0.142 e. The Morgan fingerprint density at radius 3 is 2.62 bits per heavy atom. The number of benzene rings is 2. The normalized spacial score (nSPS) is 13.0. The summed E-state index contributed by atoms with van der Waals surface area (Å²) in [6.07, 6.45) is 3.63. The van der Waals surface area contributed by atoms with E-state index in [0.717, 1.165) is 17.1 Å². The Morgan fingerprint density at radius 2 is 1.76 bits per heavy atom. The topological polar surface area (TPSA) is 44.5 Å². The minimum Gasteiger partial charge on any atom is -0.490 e. The van der Waals surface area contributed by atoms with Crippen molar-refractivity contribution in [3.05, 3.63) is 53.1 Å². The SMILES string of the molecule is Cc1ccc(OCCOc2ccc3c(c2)CCC3)c(N)c1. The lowest BCUT2D eigenvalue weighted by atomic mass is 10.1. The minimum absolute atomic E-state index is 0.490. The number of nitrogens with two attached hydrogens (primary N) is 1. The van der Waals surface area contributed by atoms with E-state index in [1.54, 1.807) is 0 Å². The van der Waals surface area contributed by atoms with Crippen LogP contribution in [0, 0.1) is 6.92 Å². The molecule has 21 heavy (non-hydrogen) atoms. The Labute approximate surface area is 125 Å². The van der Waals surface area contributed by atoms with E-state index in [-0.39, 0.29) is 0 Å². The summed E-state index contributed by atoms with van der Waals surface area (Å²) in [4.78, 5) is 0. The number of hydrogen-bond donors (Lipinski definition) is 1. The molecule has 0 unspecified atom stereocenters. The predicted molar refractivity (Wildman–Crippen MR) is 85.0 cm³/mol. The van der Waals surface area contributed by atoms with Gasteiger partial charge in [0.15, 0.2) is 0 Å². The quantitative estimate of drug-likeness (QED) is 0.674. The number of anilines is 1.